The van der Waals surface area contributed by atoms with Crippen molar-refractivity contribution in [1.82, 2.24) is 5.32 Å². The minimum atomic E-state index is 0.593. The van der Waals surface area contributed by atoms with Gasteiger partial charge in [0.1, 0.15) is 0 Å². The molecule has 0 aromatic heterocycles. The highest BCUT2D eigenvalue weighted by Crippen LogP contribution is 2.39. The average molecular weight is 173 g/mol. The van der Waals surface area contributed by atoms with Gasteiger partial charge in [-0.25, -0.2) is 0 Å². The van der Waals surface area contributed by atoms with E-state index in [1.807, 2.05) is 0 Å². The van der Waals surface area contributed by atoms with Crippen LogP contribution in [0.5, 0.6) is 0 Å². The molecule has 1 N–H and O–H groups in total. The van der Waals surface area contributed by atoms with Crippen LogP contribution >= 0.6 is 11.8 Å². The average Bonchev–Trinajstić information content (AvgIpc) is 2.50. The van der Waals surface area contributed by atoms with E-state index >= 15 is 0 Å². The maximum atomic E-state index is 3.46. The number of hydrogen-bond acceptors (Lipinski definition) is 2. The number of hydrogen-bond donors (Lipinski definition) is 1. The fourth-order valence-electron chi connectivity index (χ4n) is 1.83. The normalized spacial score (nSPS) is 22.4. The fourth-order valence-corrected chi connectivity index (χ4v) is 2.77. The van der Waals surface area contributed by atoms with Gasteiger partial charge in [-0.05, 0) is 25.6 Å². The highest BCUT2D eigenvalue weighted by molar-refractivity contribution is 8.00. The lowest BCUT2D eigenvalue weighted by Crippen LogP contribution is -2.34. The first kappa shape index (κ1) is 9.40. The van der Waals surface area contributed by atoms with Gasteiger partial charge in [0.25, 0.3) is 0 Å². The molecule has 0 atom stereocenters. The number of thioether (sulfide) groups is 1. The Bertz CT molecular complexity index is 108. The van der Waals surface area contributed by atoms with E-state index in [1.165, 1.54) is 32.2 Å². The predicted octanol–water partition coefficient (Wildman–Crippen LogP) is 2.27. The zero-order valence-corrected chi connectivity index (χ0v) is 8.47. The molecule has 0 bridgehead atoms. The van der Waals surface area contributed by atoms with Crippen LogP contribution < -0.4 is 5.32 Å². The number of nitrogens with one attached hydrogen (secondary N) is 1. The summed E-state index contributed by atoms with van der Waals surface area (Å²) in [6, 6.07) is 0. The van der Waals surface area contributed by atoms with Crippen LogP contribution in [0.15, 0.2) is 0 Å². The van der Waals surface area contributed by atoms with E-state index in [0.717, 1.165) is 6.54 Å². The highest BCUT2D eigenvalue weighted by Gasteiger charge is 2.31. The second-order valence-corrected chi connectivity index (χ2v) is 4.65. The van der Waals surface area contributed by atoms with Crippen LogP contribution in [0.1, 0.15) is 32.6 Å². The molecule has 0 spiro atoms. The Morgan fingerprint density at radius 3 is 2.45 bits per heavy atom. The lowest BCUT2D eigenvalue weighted by Gasteiger charge is -2.26. The predicted molar refractivity (Wildman–Crippen MR) is 53.3 cm³/mol. The smallest absolute Gasteiger partial charge is 0.0281 e. The van der Waals surface area contributed by atoms with E-state index in [0.29, 0.717) is 4.75 Å². The zero-order chi connectivity index (χ0) is 8.16. The molecule has 0 saturated heterocycles. The van der Waals surface area contributed by atoms with E-state index < -0.39 is 0 Å². The van der Waals surface area contributed by atoms with Gasteiger partial charge in [-0.2, -0.15) is 11.8 Å². The Hall–Kier alpha value is 0.310. The molecule has 1 aliphatic rings. The van der Waals surface area contributed by atoms with Gasteiger partial charge in [0.05, 0.1) is 0 Å². The Kier molecular flexibility index (Phi) is 3.73. The molecule has 1 nitrogen and oxygen atoms in total. The number of rotatable bonds is 4. The first-order valence-corrected chi connectivity index (χ1v) is 5.81. The van der Waals surface area contributed by atoms with Crippen molar-refractivity contribution in [3.8, 4) is 0 Å². The molecular formula is C9H19NS. The molecule has 0 heterocycles. The molecular weight excluding hydrogens is 154 g/mol. The Balaban J connectivity index is 2.33. The summed E-state index contributed by atoms with van der Waals surface area (Å²) in [5.74, 6) is 0. The molecule has 0 unspecified atom stereocenters. The van der Waals surface area contributed by atoms with Crippen molar-refractivity contribution >= 4 is 11.8 Å². The molecule has 0 amide bonds. The minimum absolute atomic E-state index is 0.593. The van der Waals surface area contributed by atoms with Gasteiger partial charge in [-0.3, -0.25) is 0 Å². The Labute approximate surface area is 74.3 Å². The summed E-state index contributed by atoms with van der Waals surface area (Å²) in [5.41, 5.74) is 0. The van der Waals surface area contributed by atoms with Gasteiger partial charge in [0.2, 0.25) is 0 Å². The lowest BCUT2D eigenvalue weighted by atomic mass is 10.1. The molecule has 1 fully saturated rings. The van der Waals surface area contributed by atoms with Gasteiger partial charge >= 0.3 is 0 Å². The van der Waals surface area contributed by atoms with Crippen LogP contribution in [0.25, 0.3) is 0 Å². The molecule has 0 aliphatic heterocycles. The van der Waals surface area contributed by atoms with Crippen molar-refractivity contribution in [2.75, 3.05) is 19.3 Å². The summed E-state index contributed by atoms with van der Waals surface area (Å²) in [6.45, 7) is 4.51. The summed E-state index contributed by atoms with van der Waals surface area (Å²) >= 11 is 2.06. The monoisotopic (exact) mass is 173 g/mol. The topological polar surface area (TPSA) is 12.0 Å². The second kappa shape index (κ2) is 4.36. The van der Waals surface area contributed by atoms with Crippen molar-refractivity contribution in [1.29, 1.82) is 0 Å². The van der Waals surface area contributed by atoms with Crippen LogP contribution in [0.3, 0.4) is 0 Å². The van der Waals surface area contributed by atoms with Crippen LogP contribution in [0.2, 0.25) is 0 Å². The van der Waals surface area contributed by atoms with E-state index in [2.05, 4.69) is 30.3 Å². The van der Waals surface area contributed by atoms with Gasteiger partial charge < -0.3 is 5.32 Å². The quantitative estimate of drug-likeness (QED) is 0.700. The molecule has 0 aromatic rings. The van der Waals surface area contributed by atoms with E-state index in [9.17, 15) is 0 Å². The molecule has 0 radical (unpaired) electrons. The van der Waals surface area contributed by atoms with Crippen LogP contribution in [0.4, 0.5) is 0 Å². The van der Waals surface area contributed by atoms with E-state index in [4.69, 9.17) is 0 Å². The fraction of sp³-hybridized carbons (Fsp3) is 1.00. The van der Waals surface area contributed by atoms with Gasteiger partial charge in [-0.15, -0.1) is 0 Å². The summed E-state index contributed by atoms with van der Waals surface area (Å²) in [4.78, 5) is 0. The molecule has 1 rings (SSSR count). The molecule has 11 heavy (non-hydrogen) atoms. The Morgan fingerprint density at radius 2 is 2.00 bits per heavy atom. The van der Waals surface area contributed by atoms with E-state index in [-0.39, 0.29) is 0 Å². The third-order valence-corrected chi connectivity index (χ3v) is 4.06. The standard InChI is InChI=1S/C9H19NS/c1-3-10-8-9(11-2)6-4-5-7-9/h10H,3-8H2,1-2H3. The second-order valence-electron chi connectivity index (χ2n) is 3.37. The Morgan fingerprint density at radius 1 is 1.36 bits per heavy atom. The summed E-state index contributed by atoms with van der Waals surface area (Å²) < 4.78 is 0.593. The van der Waals surface area contributed by atoms with Crippen LogP contribution in [-0.4, -0.2) is 24.1 Å². The van der Waals surface area contributed by atoms with Gasteiger partial charge in [0.15, 0.2) is 0 Å². The third kappa shape index (κ3) is 2.38. The largest absolute Gasteiger partial charge is 0.316 e. The maximum absolute atomic E-state index is 3.46. The molecule has 2 heteroatoms. The third-order valence-electron chi connectivity index (χ3n) is 2.64. The first-order chi connectivity index (χ1) is 5.33. The summed E-state index contributed by atoms with van der Waals surface area (Å²) in [7, 11) is 0. The molecule has 1 aliphatic carbocycles. The van der Waals surface area contributed by atoms with Crippen LogP contribution in [0, 0.1) is 0 Å². The SMILES string of the molecule is CCNCC1(SC)CCCC1. The van der Waals surface area contributed by atoms with Crippen molar-refractivity contribution < 1.29 is 0 Å². The minimum Gasteiger partial charge on any atom is -0.316 e. The first-order valence-electron chi connectivity index (χ1n) is 4.59. The highest BCUT2D eigenvalue weighted by atomic mass is 32.2. The van der Waals surface area contributed by atoms with Crippen LogP contribution in [-0.2, 0) is 0 Å². The van der Waals surface area contributed by atoms with Crippen molar-refractivity contribution in [3.63, 3.8) is 0 Å². The van der Waals surface area contributed by atoms with Crippen molar-refractivity contribution in [2.45, 2.75) is 37.4 Å². The molecule has 1 saturated carbocycles. The zero-order valence-electron chi connectivity index (χ0n) is 7.65. The maximum Gasteiger partial charge on any atom is 0.0281 e. The summed E-state index contributed by atoms with van der Waals surface area (Å²) in [5, 5.41) is 3.46. The van der Waals surface area contributed by atoms with Crippen molar-refractivity contribution in [2.24, 2.45) is 0 Å². The van der Waals surface area contributed by atoms with E-state index in [1.54, 1.807) is 0 Å². The molecule has 66 valence electrons. The lowest BCUT2D eigenvalue weighted by molar-refractivity contribution is 0.545. The summed E-state index contributed by atoms with van der Waals surface area (Å²) in [6.07, 6.45) is 7.96. The van der Waals surface area contributed by atoms with Crippen molar-refractivity contribution in [3.05, 3.63) is 0 Å². The molecule has 0 aromatic carbocycles. The van der Waals surface area contributed by atoms with Gasteiger partial charge in [-0.1, -0.05) is 19.8 Å². The van der Waals surface area contributed by atoms with Gasteiger partial charge in [0, 0.05) is 11.3 Å².